The monoisotopic (exact) mass is 808 g/mol. The molecule has 336 valence electrons. The van der Waals surface area contributed by atoms with Gasteiger partial charge in [-0.05, 0) is 170 Å². The van der Waals surface area contributed by atoms with Gasteiger partial charge in [0.1, 0.15) is 0 Å². The van der Waals surface area contributed by atoms with Gasteiger partial charge in [-0.25, -0.2) is 0 Å². The fourth-order valence-corrected chi connectivity index (χ4v) is 12.6. The van der Waals surface area contributed by atoms with Crippen LogP contribution in [-0.4, -0.2) is 63.7 Å². The molecule has 0 amide bonds. The molecule has 4 rings (SSSR count). The third-order valence-electron chi connectivity index (χ3n) is 15.9. The van der Waals surface area contributed by atoms with Crippen LogP contribution in [0, 0.1) is 46.3 Å². The highest BCUT2D eigenvalue weighted by atomic mass is 16.5. The van der Waals surface area contributed by atoms with Crippen molar-refractivity contribution in [2.24, 2.45) is 46.3 Å². The SMILES string of the molecule is CCCCC/C=C\C/C=C\CCCCC(CCC)OCC(CN(C)C)OCCCCO[C@H]1CC[C@@]2(C)C(=CCC3C2CC[C@@]2(C)C3CC[C@@H]2[C@H](C)CCCC(C)C)C1. The maximum atomic E-state index is 6.62. The number of allylic oxidation sites excluding steroid dienone is 5. The molecule has 3 fully saturated rings. The molecule has 58 heavy (non-hydrogen) atoms. The molecule has 4 aliphatic carbocycles. The molecule has 0 aromatic heterocycles. The van der Waals surface area contributed by atoms with Crippen molar-refractivity contribution >= 4 is 0 Å². The van der Waals surface area contributed by atoms with Crippen molar-refractivity contribution < 1.29 is 14.2 Å². The highest BCUT2D eigenvalue weighted by molar-refractivity contribution is 5.25. The fourth-order valence-electron chi connectivity index (χ4n) is 12.6. The summed E-state index contributed by atoms with van der Waals surface area (Å²) in [7, 11) is 4.29. The van der Waals surface area contributed by atoms with Crippen LogP contribution in [0.3, 0.4) is 0 Å². The predicted molar refractivity (Wildman–Crippen MR) is 250 cm³/mol. The van der Waals surface area contributed by atoms with Crippen molar-refractivity contribution in [3.8, 4) is 0 Å². The molecule has 0 aromatic carbocycles. The Morgan fingerprint density at radius 2 is 1.48 bits per heavy atom. The van der Waals surface area contributed by atoms with E-state index >= 15 is 0 Å². The lowest BCUT2D eigenvalue weighted by molar-refractivity contribution is -0.0663. The quantitative estimate of drug-likeness (QED) is 0.0534. The minimum Gasteiger partial charge on any atom is -0.378 e. The molecular formula is C54H97NO3. The van der Waals surface area contributed by atoms with Crippen LogP contribution < -0.4 is 0 Å². The first-order valence-corrected chi connectivity index (χ1v) is 25.5. The van der Waals surface area contributed by atoms with Gasteiger partial charge in [0.2, 0.25) is 0 Å². The summed E-state index contributed by atoms with van der Waals surface area (Å²) in [6, 6.07) is 0. The minimum atomic E-state index is 0.122. The Balaban J connectivity index is 1.12. The van der Waals surface area contributed by atoms with Crippen LogP contribution in [0.2, 0.25) is 0 Å². The zero-order chi connectivity index (χ0) is 41.8. The minimum absolute atomic E-state index is 0.122. The van der Waals surface area contributed by atoms with Crippen LogP contribution in [-0.2, 0) is 14.2 Å². The molecule has 5 unspecified atom stereocenters. The van der Waals surface area contributed by atoms with Crippen LogP contribution in [0.15, 0.2) is 36.0 Å². The largest absolute Gasteiger partial charge is 0.378 e. The van der Waals surface area contributed by atoms with Gasteiger partial charge in [-0.1, -0.05) is 129 Å². The smallest absolute Gasteiger partial charge is 0.0934 e. The first kappa shape index (κ1) is 49.7. The molecular weight excluding hydrogens is 711 g/mol. The van der Waals surface area contributed by atoms with Gasteiger partial charge in [-0.3, -0.25) is 0 Å². The van der Waals surface area contributed by atoms with E-state index in [-0.39, 0.29) is 6.10 Å². The van der Waals surface area contributed by atoms with Gasteiger partial charge in [0.05, 0.1) is 24.9 Å². The Morgan fingerprint density at radius 1 is 0.724 bits per heavy atom. The molecule has 4 aliphatic rings. The van der Waals surface area contributed by atoms with Crippen LogP contribution in [0.25, 0.3) is 0 Å². The highest BCUT2D eigenvalue weighted by Crippen LogP contribution is 2.67. The number of rotatable bonds is 30. The van der Waals surface area contributed by atoms with E-state index in [1.165, 1.54) is 122 Å². The van der Waals surface area contributed by atoms with E-state index in [4.69, 9.17) is 14.2 Å². The van der Waals surface area contributed by atoms with Crippen molar-refractivity contribution in [3.63, 3.8) is 0 Å². The summed E-state index contributed by atoms with van der Waals surface area (Å²) in [6.07, 6.45) is 43.8. The Bertz CT molecular complexity index is 1190. The molecule has 0 heterocycles. The number of hydrogen-bond donors (Lipinski definition) is 0. The molecule has 0 aromatic rings. The van der Waals surface area contributed by atoms with Crippen molar-refractivity contribution in [2.45, 2.75) is 221 Å². The van der Waals surface area contributed by atoms with Crippen molar-refractivity contribution in [3.05, 3.63) is 36.0 Å². The van der Waals surface area contributed by atoms with Crippen LogP contribution >= 0.6 is 0 Å². The third-order valence-corrected chi connectivity index (χ3v) is 15.9. The Morgan fingerprint density at radius 3 is 2.21 bits per heavy atom. The Labute approximate surface area is 361 Å². The zero-order valence-electron chi connectivity index (χ0n) is 40.1. The van der Waals surface area contributed by atoms with E-state index in [9.17, 15) is 0 Å². The van der Waals surface area contributed by atoms with Gasteiger partial charge in [0, 0.05) is 19.8 Å². The van der Waals surface area contributed by atoms with E-state index in [0.29, 0.717) is 29.6 Å². The molecule has 0 radical (unpaired) electrons. The lowest BCUT2D eigenvalue weighted by atomic mass is 9.47. The fraction of sp³-hybridized carbons (Fsp3) is 0.889. The maximum Gasteiger partial charge on any atom is 0.0934 e. The number of unbranched alkanes of at least 4 members (excludes halogenated alkanes) is 6. The number of likely N-dealkylation sites (N-methyl/N-ethyl adjacent to an activating group) is 1. The molecule has 0 N–H and O–H groups in total. The first-order chi connectivity index (χ1) is 28.0. The van der Waals surface area contributed by atoms with Crippen molar-refractivity contribution in [1.82, 2.24) is 4.90 Å². The molecule has 4 nitrogen and oxygen atoms in total. The lowest BCUT2D eigenvalue weighted by Crippen LogP contribution is -2.51. The van der Waals surface area contributed by atoms with Gasteiger partial charge < -0.3 is 19.1 Å². The zero-order valence-corrected chi connectivity index (χ0v) is 40.1. The van der Waals surface area contributed by atoms with Gasteiger partial charge in [0.25, 0.3) is 0 Å². The summed E-state index contributed by atoms with van der Waals surface area (Å²) in [4.78, 5) is 2.24. The Hall–Kier alpha value is -0.940. The second-order valence-electron chi connectivity index (χ2n) is 21.2. The second kappa shape index (κ2) is 26.5. The molecule has 0 aliphatic heterocycles. The molecule has 4 heteroatoms. The Kier molecular flexibility index (Phi) is 22.7. The standard InChI is InChI=1S/C54H97NO3/c1-10-12-13-14-15-16-17-18-19-20-21-22-29-46(26-11-2)58-42-48(41-55(8)9)57-39-24-23-38-56-47-34-36-53(6)45(40-47)30-31-49-51-33-32-50(44(5)28-25-27-43(3)4)54(51,7)37-35-52(49)53/h15-16,18-19,30,43-44,46-52H,10-14,17,20-29,31-42H2,1-9H3/b16-15-,19-18-/t44-,46?,47+,48?,49?,50-,51?,52?,53+,54-/m1/s1. The summed E-state index contributed by atoms with van der Waals surface area (Å²) in [5, 5.41) is 0. The van der Waals surface area contributed by atoms with Crippen molar-refractivity contribution in [2.75, 3.05) is 40.5 Å². The molecule has 0 saturated heterocycles. The average Bonchev–Trinajstić information content (AvgIpc) is 3.55. The van der Waals surface area contributed by atoms with E-state index in [2.05, 4.69) is 97.8 Å². The van der Waals surface area contributed by atoms with E-state index in [0.717, 1.165) is 87.4 Å². The molecule has 10 atom stereocenters. The molecule has 0 bridgehead atoms. The second-order valence-corrected chi connectivity index (χ2v) is 21.2. The van der Waals surface area contributed by atoms with E-state index in [1.807, 2.05) is 0 Å². The van der Waals surface area contributed by atoms with Gasteiger partial charge in [-0.2, -0.15) is 0 Å². The van der Waals surface area contributed by atoms with Gasteiger partial charge in [-0.15, -0.1) is 0 Å². The summed E-state index contributed by atoms with van der Waals surface area (Å²) >= 11 is 0. The van der Waals surface area contributed by atoms with Gasteiger partial charge in [0.15, 0.2) is 0 Å². The summed E-state index contributed by atoms with van der Waals surface area (Å²) < 4.78 is 19.6. The molecule has 3 saturated carbocycles. The first-order valence-electron chi connectivity index (χ1n) is 25.5. The summed E-state index contributed by atoms with van der Waals surface area (Å²) in [5.41, 5.74) is 2.74. The number of hydrogen-bond acceptors (Lipinski definition) is 4. The van der Waals surface area contributed by atoms with Gasteiger partial charge >= 0.3 is 0 Å². The molecule has 0 spiro atoms. The third kappa shape index (κ3) is 15.4. The normalized spacial score (nSPS) is 30.2. The lowest BCUT2D eigenvalue weighted by Gasteiger charge is -2.58. The van der Waals surface area contributed by atoms with E-state index < -0.39 is 0 Å². The summed E-state index contributed by atoms with van der Waals surface area (Å²) in [5.74, 6) is 5.42. The predicted octanol–water partition coefficient (Wildman–Crippen LogP) is 15.0. The highest BCUT2D eigenvalue weighted by Gasteiger charge is 2.59. The topological polar surface area (TPSA) is 30.9 Å². The number of ether oxygens (including phenoxy) is 3. The van der Waals surface area contributed by atoms with Crippen LogP contribution in [0.1, 0.15) is 203 Å². The summed E-state index contributed by atoms with van der Waals surface area (Å²) in [6.45, 7) is 20.6. The van der Waals surface area contributed by atoms with Crippen LogP contribution in [0.5, 0.6) is 0 Å². The number of nitrogens with zero attached hydrogens (tertiary/aromatic N) is 1. The maximum absolute atomic E-state index is 6.62. The number of fused-ring (bicyclic) bond motifs is 5. The average molecular weight is 808 g/mol. The van der Waals surface area contributed by atoms with E-state index in [1.54, 1.807) is 5.57 Å². The van der Waals surface area contributed by atoms with Crippen LogP contribution in [0.4, 0.5) is 0 Å². The van der Waals surface area contributed by atoms with Crippen molar-refractivity contribution in [1.29, 1.82) is 0 Å².